The average Bonchev–Trinajstić information content (AvgIpc) is 2.95. The number of ether oxygens (including phenoxy) is 3. The summed E-state index contributed by atoms with van der Waals surface area (Å²) in [4.78, 5) is 25.2. The highest BCUT2D eigenvalue weighted by Gasteiger charge is 2.56. The lowest BCUT2D eigenvalue weighted by Gasteiger charge is -2.28. The fourth-order valence-electron chi connectivity index (χ4n) is 3.13. The van der Waals surface area contributed by atoms with E-state index in [0.717, 1.165) is 0 Å². The maximum Gasteiger partial charge on any atom is 0.375 e. The molecular formula is C20H18O7. The SMILES string of the molecule is COC(=O)[C@@]1(Cc2ccc(O)cc2)OC(=O)C(OC)=C1c1ccc(O)cc1. The van der Waals surface area contributed by atoms with Crippen molar-refractivity contribution in [2.45, 2.75) is 12.0 Å². The molecule has 1 heterocycles. The van der Waals surface area contributed by atoms with Gasteiger partial charge in [-0.05, 0) is 35.4 Å². The summed E-state index contributed by atoms with van der Waals surface area (Å²) in [6.07, 6.45) is -0.0191. The number of cyclic esters (lactones) is 1. The van der Waals surface area contributed by atoms with Gasteiger partial charge in [0.2, 0.25) is 11.4 Å². The van der Waals surface area contributed by atoms with Crippen LogP contribution in [0.4, 0.5) is 0 Å². The lowest BCUT2D eigenvalue weighted by molar-refractivity contribution is -0.169. The van der Waals surface area contributed by atoms with Gasteiger partial charge in [0.25, 0.3) is 0 Å². The van der Waals surface area contributed by atoms with Crippen molar-refractivity contribution >= 4 is 17.5 Å². The molecule has 0 unspecified atom stereocenters. The fraction of sp³-hybridized carbons (Fsp3) is 0.200. The Morgan fingerprint density at radius 3 is 2.07 bits per heavy atom. The number of hydrogen-bond donors (Lipinski definition) is 2. The van der Waals surface area contributed by atoms with E-state index >= 15 is 0 Å². The van der Waals surface area contributed by atoms with Gasteiger partial charge in [0, 0.05) is 6.42 Å². The number of phenols is 2. The number of benzene rings is 2. The molecule has 27 heavy (non-hydrogen) atoms. The van der Waals surface area contributed by atoms with Crippen LogP contribution in [0, 0.1) is 0 Å². The Labute approximate surface area is 155 Å². The second kappa shape index (κ2) is 7.03. The first-order chi connectivity index (χ1) is 12.9. The molecule has 3 rings (SSSR count). The molecule has 0 bridgehead atoms. The molecule has 0 spiro atoms. The van der Waals surface area contributed by atoms with Crippen LogP contribution in [0.15, 0.2) is 54.3 Å². The summed E-state index contributed by atoms with van der Waals surface area (Å²) in [6, 6.07) is 12.2. The monoisotopic (exact) mass is 370 g/mol. The second-order valence-electron chi connectivity index (χ2n) is 6.01. The molecule has 7 heteroatoms. The van der Waals surface area contributed by atoms with Gasteiger partial charge < -0.3 is 24.4 Å². The predicted molar refractivity (Wildman–Crippen MR) is 94.7 cm³/mol. The van der Waals surface area contributed by atoms with Gasteiger partial charge in [-0.25, -0.2) is 9.59 Å². The molecule has 1 aliphatic rings. The number of esters is 2. The molecule has 1 atom stereocenters. The summed E-state index contributed by atoms with van der Waals surface area (Å²) in [5.74, 6) is -1.56. The number of aromatic hydroxyl groups is 2. The highest BCUT2D eigenvalue weighted by atomic mass is 16.6. The lowest BCUT2D eigenvalue weighted by atomic mass is 9.83. The van der Waals surface area contributed by atoms with Gasteiger partial charge in [0.15, 0.2) is 0 Å². The molecule has 2 aromatic carbocycles. The summed E-state index contributed by atoms with van der Waals surface area (Å²) in [5, 5.41) is 19.0. The molecule has 0 amide bonds. The minimum Gasteiger partial charge on any atom is -0.508 e. The van der Waals surface area contributed by atoms with Crippen LogP contribution in [-0.4, -0.2) is 42.0 Å². The molecule has 0 saturated carbocycles. The normalized spacial score (nSPS) is 19.0. The minimum atomic E-state index is -1.76. The molecule has 0 fully saturated rings. The van der Waals surface area contributed by atoms with Gasteiger partial charge in [0.1, 0.15) is 11.5 Å². The van der Waals surface area contributed by atoms with Crippen LogP contribution < -0.4 is 0 Å². The van der Waals surface area contributed by atoms with E-state index in [1.165, 1.54) is 38.5 Å². The number of carbonyl (C=O) groups is 2. The minimum absolute atomic E-state index is 0.0191. The molecule has 1 aliphatic heterocycles. The standard InChI is InChI=1S/C20H18O7/c1-25-17-16(13-5-9-15(22)10-6-13)20(19(24)26-2,27-18(17)23)11-12-3-7-14(21)8-4-12/h3-10,21-22H,11H2,1-2H3/t20-/m0/s1. The summed E-state index contributed by atoms with van der Waals surface area (Å²) < 4.78 is 15.7. The number of rotatable bonds is 5. The molecule has 0 aromatic heterocycles. The van der Waals surface area contributed by atoms with E-state index in [9.17, 15) is 19.8 Å². The van der Waals surface area contributed by atoms with Crippen molar-refractivity contribution in [1.82, 2.24) is 0 Å². The average molecular weight is 370 g/mol. The fourth-order valence-corrected chi connectivity index (χ4v) is 3.13. The first-order valence-corrected chi connectivity index (χ1v) is 8.09. The zero-order chi connectivity index (χ0) is 19.6. The molecule has 0 saturated heterocycles. The molecule has 0 aliphatic carbocycles. The first kappa shape index (κ1) is 18.3. The van der Waals surface area contributed by atoms with Crippen LogP contribution in [0.25, 0.3) is 5.57 Å². The Balaban J connectivity index is 2.19. The Morgan fingerprint density at radius 1 is 1.00 bits per heavy atom. The van der Waals surface area contributed by atoms with E-state index < -0.39 is 17.5 Å². The summed E-state index contributed by atoms with van der Waals surface area (Å²) >= 11 is 0. The third kappa shape index (κ3) is 3.19. The largest absolute Gasteiger partial charge is 0.508 e. The first-order valence-electron chi connectivity index (χ1n) is 8.09. The van der Waals surface area contributed by atoms with Crippen molar-refractivity contribution in [3.05, 3.63) is 65.4 Å². The van der Waals surface area contributed by atoms with E-state index in [1.807, 2.05) is 0 Å². The summed E-state index contributed by atoms with van der Waals surface area (Å²) in [5.41, 5.74) is -0.431. The van der Waals surface area contributed by atoms with Gasteiger partial charge in [0.05, 0.1) is 19.8 Å². The molecule has 2 N–H and O–H groups in total. The molecule has 0 radical (unpaired) electrons. The number of phenolic OH excluding ortho intramolecular Hbond substituents is 2. The van der Waals surface area contributed by atoms with Gasteiger partial charge in [-0.2, -0.15) is 0 Å². The van der Waals surface area contributed by atoms with Crippen LogP contribution in [0.2, 0.25) is 0 Å². The van der Waals surface area contributed by atoms with Crippen molar-refractivity contribution in [3.63, 3.8) is 0 Å². The van der Waals surface area contributed by atoms with Crippen molar-refractivity contribution in [2.24, 2.45) is 0 Å². The summed E-state index contributed by atoms with van der Waals surface area (Å²) in [7, 11) is 2.51. The van der Waals surface area contributed by atoms with Gasteiger partial charge >= 0.3 is 11.9 Å². The molecule has 2 aromatic rings. The van der Waals surface area contributed by atoms with E-state index in [4.69, 9.17) is 14.2 Å². The molecule has 7 nitrogen and oxygen atoms in total. The number of hydrogen-bond acceptors (Lipinski definition) is 7. The van der Waals surface area contributed by atoms with E-state index in [-0.39, 0.29) is 29.3 Å². The van der Waals surface area contributed by atoms with Crippen molar-refractivity contribution in [1.29, 1.82) is 0 Å². The molecule has 140 valence electrons. The van der Waals surface area contributed by atoms with Crippen molar-refractivity contribution in [3.8, 4) is 11.5 Å². The zero-order valence-electron chi connectivity index (χ0n) is 14.8. The molecular weight excluding hydrogens is 352 g/mol. The van der Waals surface area contributed by atoms with Crippen LogP contribution in [0.3, 0.4) is 0 Å². The van der Waals surface area contributed by atoms with E-state index in [1.54, 1.807) is 24.3 Å². The van der Waals surface area contributed by atoms with Crippen molar-refractivity contribution in [2.75, 3.05) is 14.2 Å². The number of methoxy groups -OCH3 is 2. The van der Waals surface area contributed by atoms with Crippen LogP contribution in [0.5, 0.6) is 11.5 Å². The van der Waals surface area contributed by atoms with E-state index in [2.05, 4.69) is 0 Å². The van der Waals surface area contributed by atoms with Crippen LogP contribution in [-0.2, 0) is 30.2 Å². The Morgan fingerprint density at radius 2 is 1.56 bits per heavy atom. The van der Waals surface area contributed by atoms with Gasteiger partial charge in [-0.1, -0.05) is 24.3 Å². The number of carbonyl (C=O) groups excluding carboxylic acids is 2. The van der Waals surface area contributed by atoms with Crippen LogP contribution in [0.1, 0.15) is 11.1 Å². The zero-order valence-corrected chi connectivity index (χ0v) is 14.8. The Bertz CT molecular complexity index is 897. The van der Waals surface area contributed by atoms with Crippen molar-refractivity contribution < 1.29 is 34.0 Å². The quantitative estimate of drug-likeness (QED) is 0.778. The maximum absolute atomic E-state index is 12.8. The topological polar surface area (TPSA) is 102 Å². The second-order valence-corrected chi connectivity index (χ2v) is 6.01. The highest BCUT2D eigenvalue weighted by molar-refractivity contribution is 6.11. The Kier molecular flexibility index (Phi) is 4.77. The maximum atomic E-state index is 12.8. The van der Waals surface area contributed by atoms with Gasteiger partial charge in [-0.15, -0.1) is 0 Å². The Hall–Kier alpha value is -3.48. The predicted octanol–water partition coefficient (Wildman–Crippen LogP) is 2.17. The smallest absolute Gasteiger partial charge is 0.375 e. The van der Waals surface area contributed by atoms with Gasteiger partial charge in [-0.3, -0.25) is 0 Å². The van der Waals surface area contributed by atoms with Crippen LogP contribution >= 0.6 is 0 Å². The third-order valence-corrected chi connectivity index (χ3v) is 4.35. The highest BCUT2D eigenvalue weighted by Crippen LogP contribution is 2.43. The van der Waals surface area contributed by atoms with E-state index in [0.29, 0.717) is 11.1 Å². The summed E-state index contributed by atoms with van der Waals surface area (Å²) in [6.45, 7) is 0. The lowest BCUT2D eigenvalue weighted by Crippen LogP contribution is -2.44. The third-order valence-electron chi connectivity index (χ3n) is 4.35.